The predicted octanol–water partition coefficient (Wildman–Crippen LogP) is 3.82. The molecule has 0 bridgehead atoms. The zero-order valence-corrected chi connectivity index (χ0v) is 12.8. The molecule has 0 aliphatic carbocycles. The van der Waals surface area contributed by atoms with Gasteiger partial charge in [0.15, 0.2) is 0 Å². The monoisotopic (exact) mass is 279 g/mol. The smallest absolute Gasteiger partial charge is 0.126 e. The molecule has 1 N–H and O–H groups in total. The molecule has 2 nitrogen and oxygen atoms in total. The van der Waals surface area contributed by atoms with Gasteiger partial charge in [-0.3, -0.25) is 4.90 Å². The molecule has 0 saturated carbocycles. The normalized spacial score (nSPS) is 19.6. The van der Waals surface area contributed by atoms with Crippen molar-refractivity contribution in [2.24, 2.45) is 0 Å². The van der Waals surface area contributed by atoms with E-state index >= 15 is 0 Å². The summed E-state index contributed by atoms with van der Waals surface area (Å²) in [7, 11) is 0. The molecule has 1 fully saturated rings. The molecule has 1 aliphatic rings. The molecule has 3 heteroatoms. The summed E-state index contributed by atoms with van der Waals surface area (Å²) in [5.74, 6) is -0.214. The standard InChI is InChI=1S/C17H26FNO/c1-13-12-14(8-9-15(13)18)16(20)17(2,3)19-10-6-4-5-7-11-19/h8-9,12,16,20H,4-7,10-11H2,1-3H3. The molecule has 2 rings (SSSR count). The van der Waals surface area contributed by atoms with Gasteiger partial charge in [-0.1, -0.05) is 25.0 Å². The zero-order valence-electron chi connectivity index (χ0n) is 12.8. The van der Waals surface area contributed by atoms with Crippen molar-refractivity contribution in [3.05, 3.63) is 35.1 Å². The number of likely N-dealkylation sites (tertiary alicyclic amines) is 1. The number of aliphatic hydroxyl groups is 1. The maximum Gasteiger partial charge on any atom is 0.126 e. The predicted molar refractivity (Wildman–Crippen MR) is 80.2 cm³/mol. The highest BCUT2D eigenvalue weighted by atomic mass is 19.1. The Morgan fingerprint density at radius 1 is 1.15 bits per heavy atom. The number of rotatable bonds is 3. The van der Waals surface area contributed by atoms with Crippen LogP contribution in [0.15, 0.2) is 18.2 Å². The lowest BCUT2D eigenvalue weighted by atomic mass is 9.88. The summed E-state index contributed by atoms with van der Waals surface area (Å²) in [5.41, 5.74) is 1.07. The second-order valence-electron chi connectivity index (χ2n) is 6.47. The van der Waals surface area contributed by atoms with E-state index in [1.54, 1.807) is 19.1 Å². The van der Waals surface area contributed by atoms with E-state index in [1.165, 1.54) is 31.7 Å². The van der Waals surface area contributed by atoms with Gasteiger partial charge < -0.3 is 5.11 Å². The fourth-order valence-electron chi connectivity index (χ4n) is 3.07. The van der Waals surface area contributed by atoms with Crippen molar-refractivity contribution in [2.75, 3.05) is 13.1 Å². The maximum absolute atomic E-state index is 13.4. The molecule has 0 aromatic heterocycles. The minimum absolute atomic E-state index is 0.214. The van der Waals surface area contributed by atoms with Crippen molar-refractivity contribution < 1.29 is 9.50 Å². The molecule has 1 aliphatic heterocycles. The first-order valence-corrected chi connectivity index (χ1v) is 7.62. The van der Waals surface area contributed by atoms with E-state index in [0.29, 0.717) is 5.56 Å². The second-order valence-corrected chi connectivity index (χ2v) is 6.47. The van der Waals surface area contributed by atoms with Crippen molar-refractivity contribution in [3.63, 3.8) is 0 Å². The average molecular weight is 279 g/mol. The largest absolute Gasteiger partial charge is 0.386 e. The minimum Gasteiger partial charge on any atom is -0.386 e. The third kappa shape index (κ3) is 3.21. The van der Waals surface area contributed by atoms with Crippen molar-refractivity contribution >= 4 is 0 Å². The van der Waals surface area contributed by atoms with Crippen LogP contribution in [0.1, 0.15) is 56.8 Å². The summed E-state index contributed by atoms with van der Waals surface area (Å²) in [6.45, 7) is 7.97. The number of benzene rings is 1. The van der Waals surface area contributed by atoms with Crippen molar-refractivity contribution in [1.29, 1.82) is 0 Å². The van der Waals surface area contributed by atoms with Crippen molar-refractivity contribution in [2.45, 2.75) is 58.1 Å². The van der Waals surface area contributed by atoms with Crippen LogP contribution < -0.4 is 0 Å². The van der Waals surface area contributed by atoms with Crippen LogP contribution in [0, 0.1) is 12.7 Å². The molecule has 0 spiro atoms. The maximum atomic E-state index is 13.4. The summed E-state index contributed by atoms with van der Waals surface area (Å²) in [6.07, 6.45) is 4.34. The van der Waals surface area contributed by atoms with Gasteiger partial charge in [-0.05, 0) is 63.9 Å². The van der Waals surface area contributed by atoms with Crippen LogP contribution in [0.25, 0.3) is 0 Å². The third-order valence-corrected chi connectivity index (χ3v) is 4.59. The number of hydrogen-bond donors (Lipinski definition) is 1. The van der Waals surface area contributed by atoms with Gasteiger partial charge in [0.05, 0.1) is 6.10 Å². The van der Waals surface area contributed by atoms with Gasteiger partial charge >= 0.3 is 0 Å². The molecule has 1 atom stereocenters. The molecule has 1 aromatic rings. The molecule has 1 aromatic carbocycles. The van der Waals surface area contributed by atoms with Crippen LogP contribution in [-0.4, -0.2) is 28.6 Å². The van der Waals surface area contributed by atoms with Gasteiger partial charge in [0, 0.05) is 5.54 Å². The highest BCUT2D eigenvalue weighted by Crippen LogP contribution is 2.33. The highest BCUT2D eigenvalue weighted by molar-refractivity contribution is 5.27. The van der Waals surface area contributed by atoms with Gasteiger partial charge in [0.2, 0.25) is 0 Å². The number of nitrogens with zero attached hydrogens (tertiary/aromatic N) is 1. The van der Waals surface area contributed by atoms with E-state index in [9.17, 15) is 9.50 Å². The van der Waals surface area contributed by atoms with Gasteiger partial charge in [-0.2, -0.15) is 0 Å². The quantitative estimate of drug-likeness (QED) is 0.909. The lowest BCUT2D eigenvalue weighted by Gasteiger charge is -2.41. The SMILES string of the molecule is Cc1cc(C(O)C(C)(C)N2CCCCCC2)ccc1F. The van der Waals surface area contributed by atoms with Gasteiger partial charge in [0.1, 0.15) is 5.82 Å². The fourth-order valence-corrected chi connectivity index (χ4v) is 3.07. The molecule has 0 amide bonds. The summed E-state index contributed by atoms with van der Waals surface area (Å²) in [4.78, 5) is 2.38. The topological polar surface area (TPSA) is 23.5 Å². The van der Waals surface area contributed by atoms with E-state index in [0.717, 1.165) is 18.7 Å². The number of halogens is 1. The molecule has 1 saturated heterocycles. The number of aliphatic hydroxyl groups excluding tert-OH is 1. The van der Waals surface area contributed by atoms with Gasteiger partial charge in [-0.25, -0.2) is 4.39 Å². The Hall–Kier alpha value is -0.930. The lowest BCUT2D eigenvalue weighted by Crippen LogP contribution is -2.48. The van der Waals surface area contributed by atoms with Crippen molar-refractivity contribution in [3.8, 4) is 0 Å². The molecule has 112 valence electrons. The Balaban J connectivity index is 2.20. The molecular weight excluding hydrogens is 253 g/mol. The Labute approximate surface area is 121 Å². The van der Waals surface area contributed by atoms with Crippen LogP contribution in [0.4, 0.5) is 4.39 Å². The van der Waals surface area contributed by atoms with Crippen LogP contribution in [0.3, 0.4) is 0 Å². The molecule has 1 unspecified atom stereocenters. The molecule has 1 heterocycles. The van der Waals surface area contributed by atoms with Gasteiger partial charge in [-0.15, -0.1) is 0 Å². The zero-order chi connectivity index (χ0) is 14.8. The van der Waals surface area contributed by atoms with Crippen LogP contribution in [0.5, 0.6) is 0 Å². The molecule has 20 heavy (non-hydrogen) atoms. The first-order valence-electron chi connectivity index (χ1n) is 7.62. The Morgan fingerprint density at radius 2 is 1.75 bits per heavy atom. The van der Waals surface area contributed by atoms with E-state index in [4.69, 9.17) is 0 Å². The van der Waals surface area contributed by atoms with Crippen LogP contribution in [-0.2, 0) is 0 Å². The molecular formula is C17H26FNO. The van der Waals surface area contributed by atoms with Crippen LogP contribution in [0.2, 0.25) is 0 Å². The molecule has 0 radical (unpaired) electrons. The lowest BCUT2D eigenvalue weighted by molar-refractivity contribution is -0.0101. The first-order chi connectivity index (χ1) is 9.43. The highest BCUT2D eigenvalue weighted by Gasteiger charge is 2.35. The van der Waals surface area contributed by atoms with Crippen molar-refractivity contribution in [1.82, 2.24) is 4.90 Å². The Morgan fingerprint density at radius 3 is 2.30 bits per heavy atom. The van der Waals surface area contributed by atoms with E-state index in [-0.39, 0.29) is 11.4 Å². The fraction of sp³-hybridized carbons (Fsp3) is 0.647. The Bertz CT molecular complexity index is 450. The van der Waals surface area contributed by atoms with Crippen LogP contribution >= 0.6 is 0 Å². The average Bonchev–Trinajstić information content (AvgIpc) is 2.70. The number of hydrogen-bond acceptors (Lipinski definition) is 2. The summed E-state index contributed by atoms with van der Waals surface area (Å²) < 4.78 is 13.4. The first kappa shape index (κ1) is 15.5. The van der Waals surface area contributed by atoms with Gasteiger partial charge in [0.25, 0.3) is 0 Å². The van der Waals surface area contributed by atoms with E-state index < -0.39 is 6.10 Å². The minimum atomic E-state index is -0.597. The summed E-state index contributed by atoms with van der Waals surface area (Å²) in [6, 6.07) is 4.92. The Kier molecular flexibility index (Phi) is 4.82. The summed E-state index contributed by atoms with van der Waals surface area (Å²) in [5, 5.41) is 10.7. The van der Waals surface area contributed by atoms with E-state index in [2.05, 4.69) is 18.7 Å². The number of aryl methyl sites for hydroxylation is 1. The van der Waals surface area contributed by atoms with E-state index in [1.807, 2.05) is 0 Å². The third-order valence-electron chi connectivity index (χ3n) is 4.59. The second kappa shape index (κ2) is 6.23. The summed E-state index contributed by atoms with van der Waals surface area (Å²) >= 11 is 0.